The van der Waals surface area contributed by atoms with Crippen LogP contribution in [0.25, 0.3) is 0 Å². The topological polar surface area (TPSA) is 37.3 Å². The summed E-state index contributed by atoms with van der Waals surface area (Å²) in [6, 6.07) is 3.79. The molecule has 0 fully saturated rings. The van der Waals surface area contributed by atoms with Crippen LogP contribution >= 0.6 is 0 Å². The minimum Gasteiger partial charge on any atom is -0.481 e. The van der Waals surface area contributed by atoms with E-state index in [4.69, 9.17) is 5.11 Å². The number of aryl methyl sites for hydroxylation is 2. The fraction of sp³-hybridized carbons (Fsp3) is 0.462. The van der Waals surface area contributed by atoms with Crippen molar-refractivity contribution in [2.24, 2.45) is 0 Å². The molecule has 0 unspecified atom stereocenters. The first kappa shape index (κ1) is 11.1. The Morgan fingerprint density at radius 1 is 1.38 bits per heavy atom. The molecule has 0 bridgehead atoms. The fourth-order valence-electron chi connectivity index (χ4n) is 2.29. The maximum atomic E-state index is 14.0. The lowest BCUT2D eigenvalue weighted by molar-refractivity contribution is -0.137. The van der Waals surface area contributed by atoms with Crippen LogP contribution in [-0.4, -0.2) is 11.1 Å². The number of fused-ring (bicyclic) bond motifs is 1. The number of rotatable bonds is 4. The maximum absolute atomic E-state index is 14.0. The molecular formula is C13H15FO2. The minimum absolute atomic E-state index is 0.0969. The van der Waals surface area contributed by atoms with Crippen LogP contribution in [0.4, 0.5) is 4.39 Å². The number of halogens is 1. The Balaban J connectivity index is 2.08. The van der Waals surface area contributed by atoms with Crippen LogP contribution in [0.3, 0.4) is 0 Å². The summed E-state index contributed by atoms with van der Waals surface area (Å²) in [5, 5.41) is 8.52. The first-order valence-electron chi connectivity index (χ1n) is 5.69. The van der Waals surface area contributed by atoms with Crippen LogP contribution in [0.15, 0.2) is 12.1 Å². The molecule has 1 aromatic rings. The molecule has 2 nitrogen and oxygen atoms in total. The van der Waals surface area contributed by atoms with Gasteiger partial charge in [0.05, 0.1) is 0 Å². The minimum atomic E-state index is -0.818. The molecule has 0 aromatic heterocycles. The highest BCUT2D eigenvalue weighted by molar-refractivity contribution is 5.66. The molecule has 0 aliphatic heterocycles. The van der Waals surface area contributed by atoms with Gasteiger partial charge in [-0.1, -0.05) is 12.1 Å². The predicted octanol–water partition coefficient (Wildman–Crippen LogP) is 2.72. The summed E-state index contributed by atoms with van der Waals surface area (Å²) in [6.45, 7) is 0. The van der Waals surface area contributed by atoms with Gasteiger partial charge in [0.25, 0.3) is 0 Å². The molecule has 0 saturated heterocycles. The Hall–Kier alpha value is -1.38. The highest BCUT2D eigenvalue weighted by Gasteiger charge is 2.17. The van der Waals surface area contributed by atoms with Crippen LogP contribution in [0.2, 0.25) is 0 Å². The quantitative estimate of drug-likeness (QED) is 0.850. The zero-order chi connectivity index (χ0) is 11.5. The molecule has 86 valence electrons. The van der Waals surface area contributed by atoms with Crippen molar-refractivity contribution in [2.75, 3.05) is 0 Å². The predicted molar refractivity (Wildman–Crippen MR) is 59.0 cm³/mol. The smallest absolute Gasteiger partial charge is 0.303 e. The number of hydrogen-bond donors (Lipinski definition) is 1. The largest absolute Gasteiger partial charge is 0.481 e. The molecule has 1 aromatic carbocycles. The molecule has 0 atom stereocenters. The summed E-state index contributed by atoms with van der Waals surface area (Å²) in [5.41, 5.74) is 2.65. The van der Waals surface area contributed by atoms with E-state index in [0.717, 1.165) is 30.4 Å². The molecule has 0 spiro atoms. The molecular weight excluding hydrogens is 207 g/mol. The number of aliphatic carboxylic acids is 1. The summed E-state index contributed by atoms with van der Waals surface area (Å²) < 4.78 is 14.0. The van der Waals surface area contributed by atoms with E-state index in [9.17, 15) is 9.18 Å². The van der Waals surface area contributed by atoms with E-state index < -0.39 is 5.97 Å². The van der Waals surface area contributed by atoms with Crippen LogP contribution < -0.4 is 0 Å². The Morgan fingerprint density at radius 2 is 2.19 bits per heavy atom. The van der Waals surface area contributed by atoms with Gasteiger partial charge in [0, 0.05) is 6.42 Å². The lowest BCUT2D eigenvalue weighted by Crippen LogP contribution is -2.00. The molecule has 1 aliphatic rings. The molecule has 1 N–H and O–H groups in total. The highest BCUT2D eigenvalue weighted by Crippen LogP contribution is 2.27. The Morgan fingerprint density at radius 3 is 2.94 bits per heavy atom. The lowest BCUT2D eigenvalue weighted by Gasteiger charge is -2.07. The van der Waals surface area contributed by atoms with E-state index in [1.807, 2.05) is 6.07 Å². The first-order chi connectivity index (χ1) is 7.68. The normalized spacial score (nSPS) is 13.8. The molecule has 0 radical (unpaired) electrons. The Kier molecular flexibility index (Phi) is 3.22. The molecule has 16 heavy (non-hydrogen) atoms. The SMILES string of the molecule is O=C(O)CCCc1ccc2c(c1F)CCC2. The van der Waals surface area contributed by atoms with Crippen molar-refractivity contribution in [1.29, 1.82) is 0 Å². The molecule has 0 amide bonds. The number of carboxylic acids is 1. The summed E-state index contributed by atoms with van der Waals surface area (Å²) in [5.74, 6) is -0.915. The second-order valence-electron chi connectivity index (χ2n) is 4.28. The van der Waals surface area contributed by atoms with Gasteiger partial charge in [0.2, 0.25) is 0 Å². The van der Waals surface area contributed by atoms with E-state index in [1.54, 1.807) is 6.07 Å². The lowest BCUT2D eigenvalue weighted by atomic mass is 10.0. The highest BCUT2D eigenvalue weighted by atomic mass is 19.1. The van der Waals surface area contributed by atoms with Crippen molar-refractivity contribution in [3.05, 3.63) is 34.6 Å². The standard InChI is InChI=1S/C13H15FO2/c14-13-10(4-2-6-12(15)16)8-7-9-3-1-5-11(9)13/h7-8H,1-6H2,(H,15,16). The second-order valence-corrected chi connectivity index (χ2v) is 4.28. The number of hydrogen-bond acceptors (Lipinski definition) is 1. The van der Waals surface area contributed by atoms with Crippen LogP contribution in [0, 0.1) is 5.82 Å². The van der Waals surface area contributed by atoms with Crippen molar-refractivity contribution in [1.82, 2.24) is 0 Å². The summed E-state index contributed by atoms with van der Waals surface area (Å²) in [7, 11) is 0. The van der Waals surface area contributed by atoms with E-state index in [1.165, 1.54) is 0 Å². The number of carbonyl (C=O) groups is 1. The van der Waals surface area contributed by atoms with E-state index in [0.29, 0.717) is 18.4 Å². The molecule has 3 heteroatoms. The average molecular weight is 222 g/mol. The van der Waals surface area contributed by atoms with Gasteiger partial charge in [0.15, 0.2) is 0 Å². The zero-order valence-corrected chi connectivity index (χ0v) is 9.13. The van der Waals surface area contributed by atoms with Crippen molar-refractivity contribution < 1.29 is 14.3 Å². The second kappa shape index (κ2) is 4.64. The van der Waals surface area contributed by atoms with Gasteiger partial charge in [0.1, 0.15) is 5.82 Å². The van der Waals surface area contributed by atoms with Gasteiger partial charge in [-0.2, -0.15) is 0 Å². The van der Waals surface area contributed by atoms with Crippen molar-refractivity contribution in [2.45, 2.75) is 38.5 Å². The van der Waals surface area contributed by atoms with Gasteiger partial charge in [-0.15, -0.1) is 0 Å². The number of carboxylic acid groups (broad SMARTS) is 1. The molecule has 1 aliphatic carbocycles. The van der Waals surface area contributed by atoms with Gasteiger partial charge in [-0.3, -0.25) is 4.79 Å². The van der Waals surface area contributed by atoms with Gasteiger partial charge in [-0.05, 0) is 48.8 Å². The average Bonchev–Trinajstić information content (AvgIpc) is 2.69. The van der Waals surface area contributed by atoms with Gasteiger partial charge in [-0.25, -0.2) is 4.39 Å². The van der Waals surface area contributed by atoms with Crippen LogP contribution in [-0.2, 0) is 24.1 Å². The van der Waals surface area contributed by atoms with E-state index in [-0.39, 0.29) is 12.2 Å². The van der Waals surface area contributed by atoms with Crippen molar-refractivity contribution >= 4 is 5.97 Å². The van der Waals surface area contributed by atoms with Crippen LogP contribution in [0.5, 0.6) is 0 Å². The Bertz CT molecular complexity index is 413. The molecule has 2 rings (SSSR count). The Labute approximate surface area is 94.1 Å². The third-order valence-electron chi connectivity index (χ3n) is 3.13. The number of benzene rings is 1. The monoisotopic (exact) mass is 222 g/mol. The van der Waals surface area contributed by atoms with Gasteiger partial charge < -0.3 is 5.11 Å². The van der Waals surface area contributed by atoms with Crippen molar-refractivity contribution in [3.8, 4) is 0 Å². The van der Waals surface area contributed by atoms with Gasteiger partial charge >= 0.3 is 5.97 Å². The van der Waals surface area contributed by atoms with Crippen molar-refractivity contribution in [3.63, 3.8) is 0 Å². The molecule has 0 heterocycles. The first-order valence-corrected chi connectivity index (χ1v) is 5.69. The third-order valence-corrected chi connectivity index (χ3v) is 3.13. The van der Waals surface area contributed by atoms with E-state index in [2.05, 4.69) is 0 Å². The summed E-state index contributed by atoms with van der Waals surface area (Å²) >= 11 is 0. The zero-order valence-electron chi connectivity index (χ0n) is 9.13. The van der Waals surface area contributed by atoms with Crippen LogP contribution in [0.1, 0.15) is 36.0 Å². The third kappa shape index (κ3) is 2.23. The molecule has 0 saturated carbocycles. The summed E-state index contributed by atoms with van der Waals surface area (Å²) in [6.07, 6.45) is 3.97. The summed E-state index contributed by atoms with van der Waals surface area (Å²) in [4.78, 5) is 10.4. The maximum Gasteiger partial charge on any atom is 0.303 e. The fourth-order valence-corrected chi connectivity index (χ4v) is 2.29. The van der Waals surface area contributed by atoms with E-state index >= 15 is 0 Å².